The van der Waals surface area contributed by atoms with E-state index in [9.17, 15) is 9.18 Å². The van der Waals surface area contributed by atoms with E-state index in [2.05, 4.69) is 15.3 Å². The molecule has 33 heavy (non-hydrogen) atoms. The lowest BCUT2D eigenvalue weighted by atomic mass is 9.93. The number of amides is 1. The summed E-state index contributed by atoms with van der Waals surface area (Å²) >= 11 is 0. The number of fused-ring (bicyclic) bond motifs is 1. The van der Waals surface area contributed by atoms with Crippen molar-refractivity contribution >= 4 is 41.9 Å². The molecule has 3 aromatic rings. The maximum atomic E-state index is 13.4. The summed E-state index contributed by atoms with van der Waals surface area (Å²) in [6.07, 6.45) is 2.62. The second kappa shape index (κ2) is 9.25. The highest BCUT2D eigenvalue weighted by Gasteiger charge is 2.27. The van der Waals surface area contributed by atoms with Gasteiger partial charge in [-0.25, -0.2) is 19.2 Å². The topological polar surface area (TPSA) is 76.6 Å². The maximum Gasteiger partial charge on any atom is 0.410 e. The highest BCUT2D eigenvalue weighted by atomic mass is 19.1. The molecule has 0 spiro atoms. The van der Waals surface area contributed by atoms with Crippen LogP contribution >= 0.6 is 0 Å². The fourth-order valence-electron chi connectivity index (χ4n) is 3.60. The second-order valence-corrected chi connectivity index (χ2v) is 9.06. The quantitative estimate of drug-likeness (QED) is 0.607. The number of hydrogen-bond acceptors (Lipinski definition) is 6. The number of piperidine rings is 1. The maximum absolute atomic E-state index is 13.4. The number of carbonyl (C=O) groups excluding carboxylic acids is 1. The lowest BCUT2D eigenvalue weighted by molar-refractivity contribution is 0.0127. The molecule has 2 aromatic carbocycles. The molecule has 9 heteroatoms. The normalized spacial score (nSPS) is 14.8. The minimum Gasteiger partial charge on any atom is -0.491 e. The van der Waals surface area contributed by atoms with Gasteiger partial charge in [0.2, 0.25) is 5.95 Å². The van der Waals surface area contributed by atoms with Gasteiger partial charge >= 0.3 is 6.09 Å². The fraction of sp³-hybridized carbons (Fsp3) is 0.375. The zero-order valence-electron chi connectivity index (χ0n) is 19.0. The summed E-state index contributed by atoms with van der Waals surface area (Å²) in [5.74, 6) is 0.532. The number of nitrogens with zero attached hydrogens (tertiary/aromatic N) is 3. The molecule has 2 radical (unpaired) electrons. The molecule has 170 valence electrons. The summed E-state index contributed by atoms with van der Waals surface area (Å²) in [5.41, 5.74) is 1.18. The molecule has 1 saturated heterocycles. The third-order valence-electron chi connectivity index (χ3n) is 5.18. The molecule has 1 aliphatic rings. The van der Waals surface area contributed by atoms with Crippen LogP contribution in [0.2, 0.25) is 0 Å². The Morgan fingerprint density at radius 1 is 1.21 bits per heavy atom. The molecule has 1 fully saturated rings. The van der Waals surface area contributed by atoms with E-state index in [1.807, 2.05) is 20.8 Å². The summed E-state index contributed by atoms with van der Waals surface area (Å²) in [6, 6.07) is 9.64. The van der Waals surface area contributed by atoms with Crippen LogP contribution in [0.25, 0.3) is 10.9 Å². The van der Waals surface area contributed by atoms with Crippen LogP contribution in [0.1, 0.15) is 33.6 Å². The molecule has 4 rings (SSSR count). The van der Waals surface area contributed by atoms with Gasteiger partial charge in [-0.05, 0) is 39.0 Å². The van der Waals surface area contributed by atoms with Crippen molar-refractivity contribution in [2.24, 2.45) is 0 Å². The van der Waals surface area contributed by atoms with E-state index in [4.69, 9.17) is 17.3 Å². The molecule has 1 aromatic heterocycles. The SMILES string of the molecule is [B]c1cc2cnc(Nc3cccc(F)c3)nc2cc1OC1CCN(C(=O)OC(C)(C)C)CC1. The Hall–Kier alpha value is -3.36. The first-order valence-corrected chi connectivity index (χ1v) is 10.9. The number of anilines is 2. The largest absolute Gasteiger partial charge is 0.491 e. The van der Waals surface area contributed by atoms with E-state index in [-0.39, 0.29) is 18.0 Å². The van der Waals surface area contributed by atoms with E-state index in [1.165, 1.54) is 12.1 Å². The predicted octanol–water partition coefficient (Wildman–Crippen LogP) is 4.08. The van der Waals surface area contributed by atoms with Crippen molar-refractivity contribution in [1.82, 2.24) is 14.9 Å². The number of benzene rings is 2. The van der Waals surface area contributed by atoms with Crippen LogP contribution in [0.4, 0.5) is 20.8 Å². The summed E-state index contributed by atoms with van der Waals surface area (Å²) < 4.78 is 25.1. The fourth-order valence-corrected chi connectivity index (χ4v) is 3.60. The summed E-state index contributed by atoms with van der Waals surface area (Å²) in [4.78, 5) is 22.8. The van der Waals surface area contributed by atoms with Crippen molar-refractivity contribution < 1.29 is 18.7 Å². The van der Waals surface area contributed by atoms with Gasteiger partial charge in [-0.3, -0.25) is 0 Å². The predicted molar refractivity (Wildman–Crippen MR) is 126 cm³/mol. The van der Waals surface area contributed by atoms with Crippen LogP contribution in [-0.4, -0.2) is 53.6 Å². The Kier molecular flexibility index (Phi) is 6.40. The summed E-state index contributed by atoms with van der Waals surface area (Å²) in [7, 11) is 6.20. The Morgan fingerprint density at radius 3 is 2.67 bits per heavy atom. The highest BCUT2D eigenvalue weighted by Crippen LogP contribution is 2.23. The van der Waals surface area contributed by atoms with E-state index in [1.54, 1.807) is 35.4 Å². The number of halogens is 1. The molecular formula is C24H26BFN4O3. The number of carbonyl (C=O) groups is 1. The number of ether oxygens (including phenoxy) is 2. The van der Waals surface area contributed by atoms with Gasteiger partial charge < -0.3 is 19.7 Å². The van der Waals surface area contributed by atoms with Crippen molar-refractivity contribution in [3.05, 3.63) is 48.4 Å². The summed E-state index contributed by atoms with van der Waals surface area (Å²) in [5, 5.41) is 3.77. The van der Waals surface area contributed by atoms with Crippen molar-refractivity contribution in [2.45, 2.75) is 45.3 Å². The zero-order chi connectivity index (χ0) is 23.6. The monoisotopic (exact) mass is 448 g/mol. The molecule has 0 aliphatic carbocycles. The van der Waals surface area contributed by atoms with E-state index in [0.29, 0.717) is 54.3 Å². The Balaban J connectivity index is 1.43. The molecule has 1 N–H and O–H groups in total. The lowest BCUT2D eigenvalue weighted by Crippen LogP contribution is -2.44. The first-order valence-electron chi connectivity index (χ1n) is 10.9. The molecule has 0 bridgehead atoms. The van der Waals surface area contributed by atoms with Crippen LogP contribution in [0, 0.1) is 5.82 Å². The standard InChI is InChI=1S/C24H26BFN4O3/c1-24(2,3)33-23(31)30-9-7-18(8-10-30)32-21-13-20-15(11-19(21)25)14-27-22(29-20)28-17-6-4-5-16(26)12-17/h4-6,11-14,18H,7-10H2,1-3H3,(H,27,28,29). The number of rotatable bonds is 4. The minimum absolute atomic E-state index is 0.0739. The van der Waals surface area contributed by atoms with Crippen LogP contribution in [0.5, 0.6) is 5.75 Å². The average molecular weight is 448 g/mol. The van der Waals surface area contributed by atoms with E-state index >= 15 is 0 Å². The van der Waals surface area contributed by atoms with Crippen LogP contribution in [0.3, 0.4) is 0 Å². The van der Waals surface area contributed by atoms with Gasteiger partial charge in [0.15, 0.2) is 0 Å². The molecule has 0 saturated carbocycles. The van der Waals surface area contributed by atoms with E-state index in [0.717, 1.165) is 5.39 Å². The van der Waals surface area contributed by atoms with Gasteiger partial charge in [-0.15, -0.1) is 0 Å². The summed E-state index contributed by atoms with van der Waals surface area (Å²) in [6.45, 7) is 6.66. The van der Waals surface area contributed by atoms with Crippen molar-refractivity contribution in [3.63, 3.8) is 0 Å². The third-order valence-corrected chi connectivity index (χ3v) is 5.18. The molecule has 1 aliphatic heterocycles. The molecule has 0 unspecified atom stereocenters. The Bertz CT molecular complexity index is 1160. The van der Waals surface area contributed by atoms with Gasteiger partial charge in [0.05, 0.1) is 5.52 Å². The van der Waals surface area contributed by atoms with Crippen molar-refractivity contribution in [3.8, 4) is 5.75 Å². The number of likely N-dealkylation sites (tertiary alicyclic amines) is 1. The van der Waals surface area contributed by atoms with Crippen molar-refractivity contribution in [1.29, 1.82) is 0 Å². The van der Waals surface area contributed by atoms with Crippen LogP contribution in [-0.2, 0) is 4.74 Å². The number of hydrogen-bond donors (Lipinski definition) is 1. The first kappa shape index (κ1) is 22.8. The first-order chi connectivity index (χ1) is 15.7. The van der Waals surface area contributed by atoms with Crippen LogP contribution < -0.4 is 15.5 Å². The van der Waals surface area contributed by atoms with Gasteiger partial charge in [0.25, 0.3) is 0 Å². The highest BCUT2D eigenvalue weighted by molar-refractivity contribution is 6.35. The third kappa shape index (κ3) is 5.91. The zero-order valence-corrected chi connectivity index (χ0v) is 19.0. The number of aromatic nitrogens is 2. The minimum atomic E-state index is -0.520. The molecule has 0 atom stereocenters. The van der Waals surface area contributed by atoms with Gasteiger partial charge in [0.1, 0.15) is 31.1 Å². The Labute approximate surface area is 193 Å². The van der Waals surface area contributed by atoms with Gasteiger partial charge in [-0.1, -0.05) is 17.6 Å². The molecule has 7 nitrogen and oxygen atoms in total. The number of nitrogens with one attached hydrogen (secondary N) is 1. The molecule has 1 amide bonds. The average Bonchev–Trinajstić information content (AvgIpc) is 2.74. The smallest absolute Gasteiger partial charge is 0.410 e. The molecular weight excluding hydrogens is 422 g/mol. The van der Waals surface area contributed by atoms with E-state index < -0.39 is 5.60 Å². The lowest BCUT2D eigenvalue weighted by Gasteiger charge is -2.33. The van der Waals surface area contributed by atoms with Gasteiger partial charge in [-0.2, -0.15) is 0 Å². The van der Waals surface area contributed by atoms with Crippen molar-refractivity contribution in [2.75, 3.05) is 18.4 Å². The Morgan fingerprint density at radius 2 is 1.97 bits per heavy atom. The molecule has 2 heterocycles. The van der Waals surface area contributed by atoms with Gasteiger partial charge in [0, 0.05) is 49.3 Å². The second-order valence-electron chi connectivity index (χ2n) is 9.06. The van der Waals surface area contributed by atoms with Crippen LogP contribution in [0.15, 0.2) is 42.6 Å².